The minimum atomic E-state index is -1.10. The number of nitrogens with one attached hydrogen (secondary N) is 1. The third-order valence-electron chi connectivity index (χ3n) is 7.69. The second-order valence-electron chi connectivity index (χ2n) is 10.6. The standard InChI is InChI=1S/C28H37NO3/c1-20(22-7-5-4-6-8-22)26(30)29-25(27(2,3)31)23-9-11-24(12-10-23)32-19-28-16-13-21(14-17-28)15-18-28/h4-12,20-21,25,31H,13-19H2,1-3H3,(H,29,30)/t20-,21?,25+,28?/m0/s1. The van der Waals surface area contributed by atoms with Gasteiger partial charge in [-0.25, -0.2) is 0 Å². The topological polar surface area (TPSA) is 58.6 Å². The zero-order chi connectivity index (χ0) is 22.8. The molecule has 0 aliphatic heterocycles. The zero-order valence-electron chi connectivity index (χ0n) is 19.6. The highest BCUT2D eigenvalue weighted by molar-refractivity contribution is 5.83. The molecule has 2 aromatic carbocycles. The molecule has 2 N–H and O–H groups in total. The molecule has 0 saturated heterocycles. The highest BCUT2D eigenvalue weighted by Crippen LogP contribution is 2.50. The van der Waals surface area contributed by atoms with Crippen molar-refractivity contribution >= 4 is 5.91 Å². The second-order valence-corrected chi connectivity index (χ2v) is 10.6. The Labute approximate surface area is 192 Å². The molecule has 5 rings (SSSR count). The quantitative estimate of drug-likeness (QED) is 0.554. The van der Waals surface area contributed by atoms with Gasteiger partial charge in [-0.05, 0) is 88.5 Å². The molecule has 3 fully saturated rings. The van der Waals surface area contributed by atoms with Crippen molar-refractivity contribution in [1.82, 2.24) is 5.32 Å². The Bertz CT molecular complexity index is 879. The molecule has 3 saturated carbocycles. The van der Waals surface area contributed by atoms with Gasteiger partial charge in [-0.2, -0.15) is 0 Å². The first kappa shape index (κ1) is 22.8. The Morgan fingerprint density at radius 3 is 2.19 bits per heavy atom. The van der Waals surface area contributed by atoms with E-state index < -0.39 is 11.6 Å². The summed E-state index contributed by atoms with van der Waals surface area (Å²) in [5, 5.41) is 13.9. The van der Waals surface area contributed by atoms with Crippen LogP contribution >= 0.6 is 0 Å². The highest BCUT2D eigenvalue weighted by atomic mass is 16.5. The van der Waals surface area contributed by atoms with Crippen LogP contribution in [0.3, 0.4) is 0 Å². The molecule has 3 aliphatic rings. The van der Waals surface area contributed by atoms with Crippen molar-refractivity contribution in [3.05, 3.63) is 65.7 Å². The predicted octanol–water partition coefficient (Wildman–Crippen LogP) is 5.77. The van der Waals surface area contributed by atoms with Crippen molar-refractivity contribution < 1.29 is 14.6 Å². The van der Waals surface area contributed by atoms with Crippen molar-refractivity contribution in [3.8, 4) is 5.75 Å². The third-order valence-corrected chi connectivity index (χ3v) is 7.69. The fourth-order valence-corrected chi connectivity index (χ4v) is 5.38. The number of hydrogen-bond donors (Lipinski definition) is 2. The normalized spacial score (nSPS) is 24.6. The van der Waals surface area contributed by atoms with Gasteiger partial charge in [-0.15, -0.1) is 0 Å². The largest absolute Gasteiger partial charge is 0.493 e. The molecule has 0 heterocycles. The van der Waals surface area contributed by atoms with E-state index in [0.29, 0.717) is 5.41 Å². The van der Waals surface area contributed by atoms with Crippen LogP contribution < -0.4 is 10.1 Å². The van der Waals surface area contributed by atoms with Crippen LogP contribution in [0.5, 0.6) is 5.75 Å². The maximum atomic E-state index is 12.9. The summed E-state index contributed by atoms with van der Waals surface area (Å²) in [4.78, 5) is 12.9. The number of ether oxygens (including phenoxy) is 1. The van der Waals surface area contributed by atoms with Gasteiger partial charge >= 0.3 is 0 Å². The lowest BCUT2D eigenvalue weighted by Crippen LogP contribution is -2.43. The Hall–Kier alpha value is -2.33. The van der Waals surface area contributed by atoms with Crippen LogP contribution in [-0.2, 0) is 4.79 Å². The Balaban J connectivity index is 1.41. The van der Waals surface area contributed by atoms with Crippen molar-refractivity contribution in [2.45, 2.75) is 76.9 Å². The van der Waals surface area contributed by atoms with E-state index in [-0.39, 0.29) is 11.8 Å². The number of carbonyl (C=O) groups excluding carboxylic acids is 1. The molecule has 3 aliphatic carbocycles. The van der Waals surface area contributed by atoms with Gasteiger partial charge in [0.2, 0.25) is 5.91 Å². The number of fused-ring (bicyclic) bond motifs is 3. The average molecular weight is 436 g/mol. The Morgan fingerprint density at radius 1 is 1.03 bits per heavy atom. The van der Waals surface area contributed by atoms with Crippen LogP contribution in [0.2, 0.25) is 0 Å². The first-order valence-corrected chi connectivity index (χ1v) is 12.1. The van der Waals surface area contributed by atoms with Crippen LogP contribution in [0.15, 0.2) is 54.6 Å². The van der Waals surface area contributed by atoms with Gasteiger partial charge in [-0.1, -0.05) is 42.5 Å². The predicted molar refractivity (Wildman–Crippen MR) is 128 cm³/mol. The third kappa shape index (κ3) is 5.17. The number of aliphatic hydroxyl groups is 1. The summed E-state index contributed by atoms with van der Waals surface area (Å²) in [6, 6.07) is 17.0. The monoisotopic (exact) mass is 435 g/mol. The van der Waals surface area contributed by atoms with Gasteiger partial charge in [-0.3, -0.25) is 4.79 Å². The van der Waals surface area contributed by atoms with Gasteiger partial charge in [0.1, 0.15) is 5.75 Å². The summed E-state index contributed by atoms with van der Waals surface area (Å²) < 4.78 is 6.21. The summed E-state index contributed by atoms with van der Waals surface area (Å²) >= 11 is 0. The molecule has 0 radical (unpaired) electrons. The van der Waals surface area contributed by atoms with Crippen LogP contribution in [0.25, 0.3) is 0 Å². The average Bonchev–Trinajstić information content (AvgIpc) is 2.82. The van der Waals surface area contributed by atoms with Crippen molar-refractivity contribution in [3.63, 3.8) is 0 Å². The lowest BCUT2D eigenvalue weighted by molar-refractivity contribution is -0.125. The van der Waals surface area contributed by atoms with E-state index >= 15 is 0 Å². The summed E-state index contributed by atoms with van der Waals surface area (Å²) in [5.74, 6) is 1.41. The summed E-state index contributed by atoms with van der Waals surface area (Å²) in [6.45, 7) is 6.14. The fraction of sp³-hybridized carbons (Fsp3) is 0.536. The maximum Gasteiger partial charge on any atom is 0.227 e. The molecule has 1 amide bonds. The molecule has 0 unspecified atom stereocenters. The van der Waals surface area contributed by atoms with E-state index in [1.54, 1.807) is 13.8 Å². The summed E-state index contributed by atoms with van der Waals surface area (Å²) in [7, 11) is 0. The molecule has 0 spiro atoms. The molecule has 2 bridgehead atoms. The SMILES string of the molecule is C[C@H](C(=O)N[C@H](c1ccc(OCC23CCC(CC2)CC3)cc1)C(C)(C)O)c1ccccc1. The van der Waals surface area contributed by atoms with Crippen LogP contribution in [0, 0.1) is 11.3 Å². The van der Waals surface area contributed by atoms with Gasteiger partial charge in [0.25, 0.3) is 0 Å². The molecular formula is C28H37NO3. The lowest BCUT2D eigenvalue weighted by Gasteiger charge is -2.46. The molecule has 172 valence electrons. The van der Waals surface area contributed by atoms with E-state index in [1.165, 1.54) is 38.5 Å². The van der Waals surface area contributed by atoms with Crippen molar-refractivity contribution in [2.24, 2.45) is 11.3 Å². The minimum Gasteiger partial charge on any atom is -0.493 e. The maximum absolute atomic E-state index is 12.9. The smallest absolute Gasteiger partial charge is 0.227 e. The highest BCUT2D eigenvalue weighted by Gasteiger charge is 2.41. The van der Waals surface area contributed by atoms with E-state index in [9.17, 15) is 9.90 Å². The molecule has 4 heteroatoms. The summed E-state index contributed by atoms with van der Waals surface area (Å²) in [6.07, 6.45) is 7.95. The molecule has 0 aromatic heterocycles. The lowest BCUT2D eigenvalue weighted by atomic mass is 9.61. The van der Waals surface area contributed by atoms with E-state index in [2.05, 4.69) is 5.32 Å². The van der Waals surface area contributed by atoms with Crippen LogP contribution in [-0.4, -0.2) is 23.2 Å². The number of carbonyl (C=O) groups is 1. The number of hydrogen-bond acceptors (Lipinski definition) is 3. The van der Waals surface area contributed by atoms with E-state index in [1.807, 2.05) is 61.5 Å². The van der Waals surface area contributed by atoms with Crippen LogP contribution in [0.4, 0.5) is 0 Å². The first-order valence-electron chi connectivity index (χ1n) is 12.1. The molecule has 2 atom stereocenters. The van der Waals surface area contributed by atoms with E-state index in [4.69, 9.17) is 4.74 Å². The molecular weight excluding hydrogens is 398 g/mol. The van der Waals surface area contributed by atoms with E-state index in [0.717, 1.165) is 29.4 Å². The first-order chi connectivity index (χ1) is 15.3. The number of rotatable bonds is 8. The van der Waals surface area contributed by atoms with Gasteiger partial charge in [0.15, 0.2) is 0 Å². The second kappa shape index (κ2) is 9.27. The van der Waals surface area contributed by atoms with Crippen LogP contribution in [0.1, 0.15) is 82.4 Å². The number of benzene rings is 2. The summed E-state index contributed by atoms with van der Waals surface area (Å²) in [5.41, 5.74) is 1.09. The Kier molecular flexibility index (Phi) is 6.62. The molecule has 4 nitrogen and oxygen atoms in total. The van der Waals surface area contributed by atoms with Crippen molar-refractivity contribution in [2.75, 3.05) is 6.61 Å². The minimum absolute atomic E-state index is 0.101. The zero-order valence-corrected chi connectivity index (χ0v) is 19.6. The van der Waals surface area contributed by atoms with Gasteiger partial charge in [0, 0.05) is 5.41 Å². The van der Waals surface area contributed by atoms with Gasteiger partial charge in [0.05, 0.1) is 24.2 Å². The van der Waals surface area contributed by atoms with Gasteiger partial charge < -0.3 is 15.2 Å². The van der Waals surface area contributed by atoms with Crippen molar-refractivity contribution in [1.29, 1.82) is 0 Å². The Morgan fingerprint density at radius 2 is 1.62 bits per heavy atom. The number of amides is 1. The molecule has 2 aromatic rings. The fourth-order valence-electron chi connectivity index (χ4n) is 5.38. The molecule has 32 heavy (non-hydrogen) atoms.